The highest BCUT2D eigenvalue weighted by Gasteiger charge is 1.69. The maximum Gasteiger partial charge on any atom is 0.133 e. The molecular weight excluding hydrogens is 158 g/mol. The van der Waals surface area contributed by atoms with Crippen LogP contribution in [0.3, 0.4) is 0 Å². The Kier molecular flexibility index (Phi) is 4.09. The van der Waals surface area contributed by atoms with Crippen LogP contribution in [0.5, 0.6) is 0 Å². The van der Waals surface area contributed by atoms with Crippen LogP contribution in [0.4, 0.5) is 0 Å². The van der Waals surface area contributed by atoms with Gasteiger partial charge >= 0.3 is 0 Å². The minimum Gasteiger partial charge on any atom is -0.351 e. The van der Waals surface area contributed by atoms with Crippen LogP contribution in [0.15, 0.2) is 24.4 Å². The number of pyridine rings is 1. The van der Waals surface area contributed by atoms with E-state index in [1.807, 2.05) is 12.1 Å². The summed E-state index contributed by atoms with van der Waals surface area (Å²) in [5, 5.41) is 0. The number of aromatic amines is 1. The highest BCUT2D eigenvalue weighted by atomic mass is 35.5. The molecule has 0 aromatic carbocycles. The van der Waals surface area contributed by atoms with E-state index in [1.165, 1.54) is 0 Å². The molecule has 1 heterocycles. The van der Waals surface area contributed by atoms with Gasteiger partial charge in [-0.1, -0.05) is 6.07 Å². The first-order chi connectivity index (χ1) is 3.93. The van der Waals surface area contributed by atoms with Crippen molar-refractivity contribution in [2.24, 2.45) is 0 Å². The Morgan fingerprint density at radius 3 is 2.56 bits per heavy atom. The summed E-state index contributed by atoms with van der Waals surface area (Å²) in [6.45, 7) is 0. The topological polar surface area (TPSA) is 32.9 Å². The zero-order valence-electron chi connectivity index (χ0n) is 4.53. The lowest BCUT2D eigenvalue weighted by atomic mass is 10.5. The van der Waals surface area contributed by atoms with Gasteiger partial charge < -0.3 is 4.98 Å². The van der Waals surface area contributed by atoms with Crippen molar-refractivity contribution in [2.45, 2.75) is 0 Å². The summed E-state index contributed by atoms with van der Waals surface area (Å²) < 4.78 is 10.7. The van der Waals surface area contributed by atoms with Crippen molar-refractivity contribution in [3.05, 3.63) is 29.0 Å². The monoisotopic (exact) mass is 163 g/mol. The fourth-order valence-corrected chi connectivity index (χ4v) is 0.679. The molecule has 0 unspecified atom stereocenters. The summed E-state index contributed by atoms with van der Waals surface area (Å²) in [6.07, 6.45) is 1.72. The molecule has 0 amide bonds. The minimum absolute atomic E-state index is 0. The number of halogens is 1. The van der Waals surface area contributed by atoms with E-state index in [0.717, 1.165) is 0 Å². The summed E-state index contributed by atoms with van der Waals surface area (Å²) in [5.41, 5.74) is 0. The molecule has 0 saturated carbocycles. The molecule has 0 radical (unpaired) electrons. The Balaban J connectivity index is 0.000000640. The van der Waals surface area contributed by atoms with E-state index in [9.17, 15) is 4.21 Å². The van der Waals surface area contributed by atoms with Crippen molar-refractivity contribution < 1.29 is 4.21 Å². The van der Waals surface area contributed by atoms with E-state index < -0.39 is 0 Å². The summed E-state index contributed by atoms with van der Waals surface area (Å²) in [6, 6.07) is 5.38. The van der Waals surface area contributed by atoms with Gasteiger partial charge in [0.2, 0.25) is 0 Å². The van der Waals surface area contributed by atoms with Gasteiger partial charge in [0.15, 0.2) is 0 Å². The largest absolute Gasteiger partial charge is 0.351 e. The van der Waals surface area contributed by atoms with E-state index in [4.69, 9.17) is 0 Å². The van der Waals surface area contributed by atoms with Gasteiger partial charge in [-0.05, 0) is 12.1 Å². The second-order valence-corrected chi connectivity index (χ2v) is 1.92. The molecule has 1 N–H and O–H groups in total. The molecule has 1 aromatic heterocycles. The van der Waals surface area contributed by atoms with Crippen molar-refractivity contribution in [1.29, 1.82) is 0 Å². The zero-order valence-corrected chi connectivity index (χ0v) is 6.17. The lowest BCUT2D eigenvalue weighted by Gasteiger charge is -1.76. The van der Waals surface area contributed by atoms with Crippen LogP contribution in [0.25, 0.3) is 0 Å². The molecule has 1 rings (SSSR count). The second kappa shape index (κ2) is 4.35. The molecule has 0 aliphatic carbocycles. The molecule has 1 aromatic rings. The van der Waals surface area contributed by atoms with Crippen LogP contribution in [-0.4, -0.2) is 9.19 Å². The van der Waals surface area contributed by atoms with Gasteiger partial charge in [-0.15, -0.1) is 12.4 Å². The van der Waals surface area contributed by atoms with Gasteiger partial charge in [0.25, 0.3) is 0 Å². The smallest absolute Gasteiger partial charge is 0.133 e. The normalized spacial score (nSPS) is 7.56. The first-order valence-corrected chi connectivity index (χ1v) is 2.94. The first kappa shape index (κ1) is 8.46. The quantitative estimate of drug-likeness (QED) is 0.573. The van der Waals surface area contributed by atoms with Crippen LogP contribution in [0.2, 0.25) is 0 Å². The standard InChI is InChI=1S/C5H5NOS.ClH/c7-8-5-3-1-2-4-6-5;/h1-4,6H;1H. The molecular formula is C5H6ClNOS. The molecule has 0 aliphatic rings. The number of hydrogen-bond acceptors (Lipinski definition) is 1. The van der Waals surface area contributed by atoms with E-state index >= 15 is 0 Å². The van der Waals surface area contributed by atoms with Crippen molar-refractivity contribution in [3.63, 3.8) is 0 Å². The third kappa shape index (κ3) is 2.49. The van der Waals surface area contributed by atoms with Gasteiger partial charge in [0.05, 0.1) is 0 Å². The SMILES string of the molecule is Cl.O=S=c1cccc[nH]1. The second-order valence-electron chi connectivity index (χ2n) is 1.31. The average Bonchev–Trinajstić information content (AvgIpc) is 1.90. The fourth-order valence-electron chi connectivity index (χ4n) is 0.429. The molecule has 50 valence electrons. The van der Waals surface area contributed by atoms with E-state index in [-0.39, 0.29) is 12.4 Å². The van der Waals surface area contributed by atoms with Crippen LogP contribution in [0, 0.1) is 4.64 Å². The predicted molar refractivity (Wildman–Crippen MR) is 39.4 cm³/mol. The maximum atomic E-state index is 10.0. The molecule has 0 fully saturated rings. The Bertz CT molecular complexity index is 236. The predicted octanol–water partition coefficient (Wildman–Crippen LogP) is 1.18. The maximum absolute atomic E-state index is 10.0. The number of nitrogens with one attached hydrogen (secondary N) is 1. The van der Waals surface area contributed by atoms with Gasteiger partial charge in [0, 0.05) is 6.20 Å². The van der Waals surface area contributed by atoms with Crippen LogP contribution >= 0.6 is 12.4 Å². The van der Waals surface area contributed by atoms with E-state index in [0.29, 0.717) is 15.9 Å². The molecule has 0 spiro atoms. The lowest BCUT2D eigenvalue weighted by molar-refractivity contribution is 0.699. The molecule has 2 nitrogen and oxygen atoms in total. The van der Waals surface area contributed by atoms with Crippen molar-refractivity contribution in [3.8, 4) is 0 Å². The zero-order chi connectivity index (χ0) is 5.82. The molecule has 4 heteroatoms. The summed E-state index contributed by atoms with van der Waals surface area (Å²) in [7, 11) is 0. The van der Waals surface area contributed by atoms with Crippen LogP contribution in [0.1, 0.15) is 0 Å². The number of hydrogen-bond donors (Lipinski definition) is 1. The highest BCUT2D eigenvalue weighted by molar-refractivity contribution is 7.56. The van der Waals surface area contributed by atoms with Crippen LogP contribution < -0.4 is 0 Å². The molecule has 0 atom stereocenters. The number of aromatic nitrogens is 1. The Hall–Kier alpha value is -0.540. The average molecular weight is 164 g/mol. The van der Waals surface area contributed by atoms with E-state index in [2.05, 4.69) is 4.98 Å². The van der Waals surface area contributed by atoms with E-state index in [1.54, 1.807) is 12.3 Å². The molecule has 9 heavy (non-hydrogen) atoms. The Morgan fingerprint density at radius 2 is 2.22 bits per heavy atom. The summed E-state index contributed by atoms with van der Waals surface area (Å²) in [5.74, 6) is 0. The molecule has 0 aliphatic heterocycles. The van der Waals surface area contributed by atoms with Crippen molar-refractivity contribution in [1.82, 2.24) is 4.98 Å². The van der Waals surface area contributed by atoms with Crippen LogP contribution in [-0.2, 0) is 11.3 Å². The number of H-pyrrole nitrogens is 1. The van der Waals surface area contributed by atoms with Crippen molar-refractivity contribution in [2.75, 3.05) is 0 Å². The van der Waals surface area contributed by atoms with Gasteiger partial charge in [0.1, 0.15) is 15.9 Å². The molecule has 0 bridgehead atoms. The third-order valence-electron chi connectivity index (χ3n) is 0.770. The lowest BCUT2D eigenvalue weighted by Crippen LogP contribution is -1.68. The minimum atomic E-state index is 0. The molecule has 0 saturated heterocycles. The summed E-state index contributed by atoms with van der Waals surface area (Å²) >= 11 is 0.463. The third-order valence-corrected chi connectivity index (χ3v) is 1.20. The number of rotatable bonds is 0. The van der Waals surface area contributed by atoms with Gasteiger partial charge in [-0.3, -0.25) is 0 Å². The van der Waals surface area contributed by atoms with Gasteiger partial charge in [-0.25, -0.2) is 4.21 Å². The Morgan fingerprint density at radius 1 is 1.44 bits per heavy atom. The Labute approximate surface area is 62.4 Å². The highest BCUT2D eigenvalue weighted by Crippen LogP contribution is 1.78. The van der Waals surface area contributed by atoms with Gasteiger partial charge in [-0.2, -0.15) is 0 Å². The summed E-state index contributed by atoms with van der Waals surface area (Å²) in [4.78, 5) is 2.77. The van der Waals surface area contributed by atoms with Crippen molar-refractivity contribution >= 4 is 23.7 Å². The fraction of sp³-hybridized carbons (Fsp3) is 0. The first-order valence-electron chi connectivity index (χ1n) is 2.20.